The molecule has 0 amide bonds. The summed E-state index contributed by atoms with van der Waals surface area (Å²) in [5, 5.41) is 11.0. The number of rotatable bonds is 3. The van der Waals surface area contributed by atoms with Crippen molar-refractivity contribution in [3.8, 4) is 6.07 Å². The van der Waals surface area contributed by atoms with Gasteiger partial charge >= 0.3 is 0 Å². The van der Waals surface area contributed by atoms with Gasteiger partial charge in [0, 0.05) is 35.8 Å². The molecule has 2 heterocycles. The third-order valence-electron chi connectivity index (χ3n) is 5.03. The molecule has 4 rings (SSSR count). The number of aromatic nitrogens is 3. The first kappa shape index (κ1) is 16.2. The molecular formula is C22H20N4. The summed E-state index contributed by atoms with van der Waals surface area (Å²) in [5.74, 6) is 0.696. The van der Waals surface area contributed by atoms with Crippen LogP contribution in [0.2, 0.25) is 0 Å². The summed E-state index contributed by atoms with van der Waals surface area (Å²) in [7, 11) is 1.96. The minimum Gasteiger partial charge on any atom is -0.345 e. The largest absolute Gasteiger partial charge is 0.345 e. The summed E-state index contributed by atoms with van der Waals surface area (Å²) in [5.41, 5.74) is 5.95. The zero-order valence-electron chi connectivity index (χ0n) is 15.2. The fourth-order valence-corrected chi connectivity index (χ4v) is 3.73. The third kappa shape index (κ3) is 2.33. The molecule has 0 atom stereocenters. The maximum Gasteiger partial charge on any atom is 0.151 e. The van der Waals surface area contributed by atoms with Gasteiger partial charge in [-0.15, -0.1) is 0 Å². The highest BCUT2D eigenvalue weighted by molar-refractivity contribution is 5.99. The molecule has 4 aromatic rings. The van der Waals surface area contributed by atoms with Crippen LogP contribution in [0.25, 0.3) is 33.6 Å². The first-order chi connectivity index (χ1) is 12.7. The second-order valence-electron chi connectivity index (χ2n) is 6.41. The van der Waals surface area contributed by atoms with Gasteiger partial charge in [0.25, 0.3) is 0 Å². The Balaban J connectivity index is 1.97. The number of benzene rings is 2. The van der Waals surface area contributed by atoms with Crippen molar-refractivity contribution in [3.63, 3.8) is 0 Å². The lowest BCUT2D eigenvalue weighted by Crippen LogP contribution is -1.97. The van der Waals surface area contributed by atoms with E-state index in [0.717, 1.165) is 23.1 Å². The van der Waals surface area contributed by atoms with E-state index in [1.165, 1.54) is 16.6 Å². The molecule has 26 heavy (non-hydrogen) atoms. The summed E-state index contributed by atoms with van der Waals surface area (Å²) in [6.07, 6.45) is 1.98. The molecule has 0 N–H and O–H groups in total. The molecule has 0 bridgehead atoms. The molecule has 0 aliphatic rings. The highest BCUT2D eigenvalue weighted by Crippen LogP contribution is 2.30. The summed E-state index contributed by atoms with van der Waals surface area (Å²) in [6.45, 7) is 5.15. The molecule has 2 aromatic carbocycles. The Hall–Kier alpha value is -3.32. The van der Waals surface area contributed by atoms with Crippen LogP contribution in [0, 0.1) is 18.3 Å². The number of nitrogens with zero attached hydrogens (tertiary/aromatic N) is 4. The molecule has 2 aromatic heterocycles. The van der Waals surface area contributed by atoms with E-state index < -0.39 is 0 Å². The Bertz CT molecular complexity index is 1200. The predicted molar refractivity (Wildman–Crippen MR) is 107 cm³/mol. The smallest absolute Gasteiger partial charge is 0.151 e. The molecule has 0 saturated heterocycles. The second-order valence-corrected chi connectivity index (χ2v) is 6.41. The van der Waals surface area contributed by atoms with Crippen LogP contribution in [0.5, 0.6) is 0 Å². The summed E-state index contributed by atoms with van der Waals surface area (Å²) in [6, 6.07) is 18.6. The van der Waals surface area contributed by atoms with Gasteiger partial charge in [-0.25, -0.2) is 4.98 Å². The first-order valence-electron chi connectivity index (χ1n) is 8.77. The van der Waals surface area contributed by atoms with Crippen molar-refractivity contribution >= 4 is 33.6 Å². The van der Waals surface area contributed by atoms with Gasteiger partial charge in [0.15, 0.2) is 5.82 Å². The predicted octanol–water partition coefficient (Wildman–Crippen LogP) is 4.92. The number of allylic oxidation sites excluding steroid dienone is 1. The molecule has 4 heteroatoms. The number of hydrogen-bond donors (Lipinski definition) is 0. The van der Waals surface area contributed by atoms with Crippen molar-refractivity contribution in [3.05, 3.63) is 65.6 Å². The second kappa shape index (κ2) is 6.20. The molecule has 4 nitrogen and oxygen atoms in total. The fraction of sp³-hybridized carbons (Fsp3) is 0.182. The highest BCUT2D eigenvalue weighted by Gasteiger charge is 2.15. The number of para-hydroxylation sites is 3. The van der Waals surface area contributed by atoms with E-state index in [1.807, 2.05) is 48.0 Å². The monoisotopic (exact) mass is 340 g/mol. The van der Waals surface area contributed by atoms with Crippen molar-refractivity contribution in [2.24, 2.45) is 7.05 Å². The van der Waals surface area contributed by atoms with Gasteiger partial charge in [-0.2, -0.15) is 5.26 Å². The number of aryl methyl sites for hydroxylation is 2. The van der Waals surface area contributed by atoms with Gasteiger partial charge in [-0.05, 0) is 38.1 Å². The lowest BCUT2D eigenvalue weighted by Gasteiger charge is -2.04. The molecule has 0 spiro atoms. The lowest BCUT2D eigenvalue weighted by molar-refractivity contribution is 0.769. The molecule has 0 radical (unpaired) electrons. The molecule has 0 aliphatic carbocycles. The lowest BCUT2D eigenvalue weighted by atomic mass is 10.1. The number of imidazole rings is 1. The average molecular weight is 340 g/mol. The molecule has 0 fully saturated rings. The standard InChI is InChI=1S/C22H20N4/c1-4-26-15(2)18(17-9-5-7-11-20(17)26)13-16(14-23)22-24-19-10-6-8-12-21(19)25(22)3/h5-13H,4H2,1-3H3/b16-13-. The van der Waals surface area contributed by atoms with E-state index in [4.69, 9.17) is 0 Å². The topological polar surface area (TPSA) is 46.5 Å². The van der Waals surface area contributed by atoms with Crippen LogP contribution in [0.3, 0.4) is 0 Å². The van der Waals surface area contributed by atoms with Crippen molar-refractivity contribution in [1.29, 1.82) is 5.26 Å². The van der Waals surface area contributed by atoms with Crippen molar-refractivity contribution in [2.45, 2.75) is 20.4 Å². The Kier molecular flexibility index (Phi) is 3.85. The fourth-order valence-electron chi connectivity index (χ4n) is 3.73. The van der Waals surface area contributed by atoms with Crippen LogP contribution in [0.15, 0.2) is 48.5 Å². The molecule has 128 valence electrons. The van der Waals surface area contributed by atoms with Crippen molar-refractivity contribution < 1.29 is 0 Å². The molecule has 0 unspecified atom stereocenters. The Morgan fingerprint density at radius 1 is 1.12 bits per heavy atom. The van der Waals surface area contributed by atoms with Gasteiger partial charge in [-0.3, -0.25) is 0 Å². The van der Waals surface area contributed by atoms with Gasteiger partial charge in [0.05, 0.1) is 16.6 Å². The van der Waals surface area contributed by atoms with Gasteiger partial charge in [0.1, 0.15) is 6.07 Å². The van der Waals surface area contributed by atoms with Gasteiger partial charge < -0.3 is 9.13 Å². The molecular weight excluding hydrogens is 320 g/mol. The van der Waals surface area contributed by atoms with Gasteiger partial charge in [0.2, 0.25) is 0 Å². The van der Waals surface area contributed by atoms with Crippen molar-refractivity contribution in [2.75, 3.05) is 0 Å². The maximum absolute atomic E-state index is 9.84. The Morgan fingerprint density at radius 3 is 2.50 bits per heavy atom. The first-order valence-corrected chi connectivity index (χ1v) is 8.77. The highest BCUT2D eigenvalue weighted by atomic mass is 15.1. The summed E-state index contributed by atoms with van der Waals surface area (Å²) < 4.78 is 4.27. The van der Waals surface area contributed by atoms with E-state index in [-0.39, 0.29) is 0 Å². The van der Waals surface area contributed by atoms with Gasteiger partial charge in [-0.1, -0.05) is 30.3 Å². The summed E-state index contributed by atoms with van der Waals surface area (Å²) >= 11 is 0. The Labute approximate surface area is 152 Å². The van der Waals surface area contributed by atoms with Crippen LogP contribution in [0.1, 0.15) is 24.0 Å². The van der Waals surface area contributed by atoms with Crippen LogP contribution >= 0.6 is 0 Å². The number of fused-ring (bicyclic) bond motifs is 2. The number of hydrogen-bond acceptors (Lipinski definition) is 2. The molecule has 0 aliphatic heterocycles. The van der Waals surface area contributed by atoms with E-state index in [1.54, 1.807) is 0 Å². The third-order valence-corrected chi connectivity index (χ3v) is 5.03. The SMILES string of the molecule is CCn1c(C)c(/C=C(/C#N)c2nc3ccccc3n2C)c2ccccc21. The van der Waals surface area contributed by atoms with E-state index >= 15 is 0 Å². The molecule has 0 saturated carbocycles. The van der Waals surface area contributed by atoms with Crippen LogP contribution < -0.4 is 0 Å². The van der Waals surface area contributed by atoms with Crippen LogP contribution in [0.4, 0.5) is 0 Å². The number of nitriles is 1. The van der Waals surface area contributed by atoms with E-state index in [9.17, 15) is 5.26 Å². The summed E-state index contributed by atoms with van der Waals surface area (Å²) in [4.78, 5) is 4.68. The van der Waals surface area contributed by atoms with Crippen molar-refractivity contribution in [1.82, 2.24) is 14.1 Å². The quantitative estimate of drug-likeness (QED) is 0.497. The average Bonchev–Trinajstić information content (AvgIpc) is 3.14. The minimum absolute atomic E-state index is 0.575. The zero-order valence-corrected chi connectivity index (χ0v) is 15.2. The maximum atomic E-state index is 9.84. The van der Waals surface area contributed by atoms with Crippen LogP contribution in [-0.2, 0) is 13.6 Å². The normalized spacial score (nSPS) is 12.0. The Morgan fingerprint density at radius 2 is 1.81 bits per heavy atom. The van der Waals surface area contributed by atoms with Crippen LogP contribution in [-0.4, -0.2) is 14.1 Å². The van der Waals surface area contributed by atoms with E-state index in [0.29, 0.717) is 11.4 Å². The zero-order chi connectivity index (χ0) is 18.3. The van der Waals surface area contributed by atoms with E-state index in [2.05, 4.69) is 47.7 Å². The minimum atomic E-state index is 0.575.